The molecule has 1 atom stereocenters. The second-order valence-corrected chi connectivity index (χ2v) is 5.39. The molecule has 0 saturated carbocycles. The van der Waals surface area contributed by atoms with Gasteiger partial charge in [0.05, 0.1) is 19.6 Å². The summed E-state index contributed by atoms with van der Waals surface area (Å²) >= 11 is 5.79. The Bertz CT molecular complexity index is 742. The number of hydrogen-bond acceptors (Lipinski definition) is 7. The van der Waals surface area contributed by atoms with E-state index in [1.165, 1.54) is 13.2 Å². The Balaban J connectivity index is 1.85. The van der Waals surface area contributed by atoms with Crippen LogP contribution in [0.1, 0.15) is 12.0 Å². The molecule has 0 bridgehead atoms. The quantitative estimate of drug-likeness (QED) is 0.565. The maximum atomic E-state index is 12.0. The van der Waals surface area contributed by atoms with Crippen LogP contribution >= 0.6 is 11.6 Å². The number of anilines is 1. The van der Waals surface area contributed by atoms with E-state index in [1.807, 2.05) is 30.3 Å². The van der Waals surface area contributed by atoms with Gasteiger partial charge in [0.15, 0.2) is 0 Å². The second kappa shape index (κ2) is 8.95. The molecule has 0 radical (unpaired) electrons. The molecule has 0 fully saturated rings. The number of rotatable bonds is 7. The van der Waals surface area contributed by atoms with Crippen LogP contribution in [0.15, 0.2) is 36.4 Å². The summed E-state index contributed by atoms with van der Waals surface area (Å²) in [4.78, 5) is 31.5. The van der Waals surface area contributed by atoms with Crippen molar-refractivity contribution in [2.24, 2.45) is 5.73 Å². The van der Waals surface area contributed by atoms with Gasteiger partial charge in [-0.25, -0.2) is 4.98 Å². The summed E-state index contributed by atoms with van der Waals surface area (Å²) in [5.74, 6) is -1.11. The Kier molecular flexibility index (Phi) is 6.67. The van der Waals surface area contributed by atoms with E-state index in [-0.39, 0.29) is 30.0 Å². The number of carbonyl (C=O) groups is 2. The lowest BCUT2D eigenvalue weighted by molar-refractivity contribution is -0.146. The average Bonchev–Trinajstić information content (AvgIpc) is 2.60. The molecule has 0 unspecified atom stereocenters. The minimum Gasteiger partial charge on any atom is -0.481 e. The fraction of sp³-hybridized carbons (Fsp3) is 0.250. The fourth-order valence-electron chi connectivity index (χ4n) is 1.83. The smallest absolute Gasteiger partial charge is 0.308 e. The number of aromatic nitrogens is 2. The van der Waals surface area contributed by atoms with Gasteiger partial charge in [-0.05, 0) is 5.56 Å². The van der Waals surface area contributed by atoms with Crippen molar-refractivity contribution >= 4 is 29.4 Å². The summed E-state index contributed by atoms with van der Waals surface area (Å²) in [7, 11) is 1.40. The van der Waals surface area contributed by atoms with Gasteiger partial charge in [0.25, 0.3) is 0 Å². The van der Waals surface area contributed by atoms with E-state index in [2.05, 4.69) is 15.3 Å². The fourth-order valence-corrected chi connectivity index (χ4v) is 2.00. The van der Waals surface area contributed by atoms with Gasteiger partial charge in [0, 0.05) is 6.07 Å². The lowest BCUT2D eigenvalue weighted by Crippen LogP contribution is -2.38. The minimum absolute atomic E-state index is 0.0672. The highest BCUT2D eigenvalue weighted by molar-refractivity contribution is 6.29. The highest BCUT2D eigenvalue weighted by atomic mass is 35.5. The Hall–Kier alpha value is -2.71. The Morgan fingerprint density at radius 1 is 1.28 bits per heavy atom. The molecule has 2 rings (SSSR count). The van der Waals surface area contributed by atoms with Crippen molar-refractivity contribution in [2.45, 2.75) is 19.1 Å². The highest BCUT2D eigenvalue weighted by Crippen LogP contribution is 2.15. The highest BCUT2D eigenvalue weighted by Gasteiger charge is 2.20. The largest absolute Gasteiger partial charge is 0.481 e. The van der Waals surface area contributed by atoms with Gasteiger partial charge >= 0.3 is 5.97 Å². The maximum absolute atomic E-state index is 12.0. The number of amides is 1. The van der Waals surface area contributed by atoms with Crippen LogP contribution in [0, 0.1) is 0 Å². The molecule has 8 nitrogen and oxygen atoms in total. The maximum Gasteiger partial charge on any atom is 0.308 e. The van der Waals surface area contributed by atoms with Crippen molar-refractivity contribution in [2.75, 3.05) is 12.4 Å². The van der Waals surface area contributed by atoms with Crippen LogP contribution in [0.3, 0.4) is 0 Å². The number of hydrogen-bond donors (Lipinski definition) is 2. The van der Waals surface area contributed by atoms with E-state index < -0.39 is 17.9 Å². The molecule has 132 valence electrons. The first-order chi connectivity index (χ1) is 12.0. The molecular formula is C16H17ClN4O4. The van der Waals surface area contributed by atoms with Gasteiger partial charge in [-0.1, -0.05) is 41.9 Å². The molecule has 3 N–H and O–H groups in total. The zero-order valence-corrected chi connectivity index (χ0v) is 14.2. The zero-order valence-electron chi connectivity index (χ0n) is 13.4. The van der Waals surface area contributed by atoms with Crippen molar-refractivity contribution in [3.05, 3.63) is 47.1 Å². The number of ether oxygens (including phenoxy) is 2. The number of benzene rings is 1. The minimum atomic E-state index is -1.11. The molecule has 25 heavy (non-hydrogen) atoms. The zero-order chi connectivity index (χ0) is 18.2. The topological polar surface area (TPSA) is 116 Å². The normalized spacial score (nSPS) is 11.5. The lowest BCUT2D eigenvalue weighted by atomic mass is 10.2. The Morgan fingerprint density at radius 3 is 2.68 bits per heavy atom. The molecule has 0 aliphatic rings. The van der Waals surface area contributed by atoms with Gasteiger partial charge < -0.3 is 15.2 Å². The number of methoxy groups -OCH3 is 1. The van der Waals surface area contributed by atoms with Crippen LogP contribution in [0.5, 0.6) is 5.88 Å². The first-order valence-corrected chi connectivity index (χ1v) is 7.70. The Morgan fingerprint density at radius 2 is 2.00 bits per heavy atom. The van der Waals surface area contributed by atoms with Crippen LogP contribution in [0.4, 0.5) is 5.95 Å². The molecule has 0 saturated heterocycles. The molecule has 1 amide bonds. The molecule has 0 spiro atoms. The number of nitrogens with zero attached hydrogens (tertiary/aromatic N) is 2. The summed E-state index contributed by atoms with van der Waals surface area (Å²) in [6.45, 7) is 0.114. The summed E-state index contributed by atoms with van der Waals surface area (Å²) < 4.78 is 10.0. The number of nitrogens with two attached hydrogens (primary N) is 1. The van der Waals surface area contributed by atoms with E-state index in [0.29, 0.717) is 0 Å². The van der Waals surface area contributed by atoms with Crippen molar-refractivity contribution in [1.29, 1.82) is 0 Å². The predicted octanol–water partition coefficient (Wildman–Crippen LogP) is 1.54. The van der Waals surface area contributed by atoms with Gasteiger partial charge in [0.1, 0.15) is 11.8 Å². The number of esters is 1. The number of nitrogens with one attached hydrogen (secondary N) is 1. The monoisotopic (exact) mass is 364 g/mol. The van der Waals surface area contributed by atoms with Gasteiger partial charge in [0.2, 0.25) is 17.7 Å². The van der Waals surface area contributed by atoms with Crippen LogP contribution in [0.25, 0.3) is 0 Å². The molecule has 0 aliphatic heterocycles. The van der Waals surface area contributed by atoms with E-state index in [1.54, 1.807) is 0 Å². The molecule has 0 aliphatic carbocycles. The van der Waals surface area contributed by atoms with Crippen molar-refractivity contribution < 1.29 is 19.1 Å². The van der Waals surface area contributed by atoms with Gasteiger partial charge in [-0.3, -0.25) is 14.9 Å². The molecule has 1 aromatic heterocycles. The lowest BCUT2D eigenvalue weighted by Gasteiger charge is -2.12. The summed E-state index contributed by atoms with van der Waals surface area (Å²) in [6.07, 6.45) is -0.281. The van der Waals surface area contributed by atoms with Crippen LogP contribution in [-0.4, -0.2) is 35.0 Å². The van der Waals surface area contributed by atoms with Gasteiger partial charge in [-0.15, -0.1) is 0 Å². The van der Waals surface area contributed by atoms with Crippen molar-refractivity contribution in [3.8, 4) is 5.88 Å². The number of halogens is 1. The second-order valence-electron chi connectivity index (χ2n) is 5.00. The van der Waals surface area contributed by atoms with E-state index in [9.17, 15) is 9.59 Å². The van der Waals surface area contributed by atoms with Crippen molar-refractivity contribution in [3.63, 3.8) is 0 Å². The van der Waals surface area contributed by atoms with Crippen LogP contribution in [0.2, 0.25) is 5.15 Å². The number of carbonyl (C=O) groups excluding carboxylic acids is 2. The molecule has 9 heteroatoms. The predicted molar refractivity (Wildman–Crippen MR) is 91.1 cm³/mol. The third-order valence-electron chi connectivity index (χ3n) is 3.08. The van der Waals surface area contributed by atoms with Crippen molar-refractivity contribution in [1.82, 2.24) is 9.97 Å². The average molecular weight is 365 g/mol. The summed E-state index contributed by atoms with van der Waals surface area (Å²) in [5.41, 5.74) is 6.55. The van der Waals surface area contributed by atoms with Crippen LogP contribution < -0.4 is 15.8 Å². The van der Waals surface area contributed by atoms with Gasteiger partial charge in [-0.2, -0.15) is 4.98 Å². The molecule has 1 aromatic carbocycles. The van der Waals surface area contributed by atoms with Crippen LogP contribution in [-0.2, 0) is 20.9 Å². The van der Waals surface area contributed by atoms with E-state index in [0.717, 1.165) is 5.56 Å². The molecular weight excluding hydrogens is 348 g/mol. The SMILES string of the molecule is COc1cc(Cl)nc(NC(=O)[C@@H](N)CC(=O)OCc2ccccc2)n1. The summed E-state index contributed by atoms with van der Waals surface area (Å²) in [5, 5.41) is 2.47. The molecule has 2 aromatic rings. The van der Waals surface area contributed by atoms with E-state index in [4.69, 9.17) is 26.8 Å². The Labute approximate surface area is 149 Å². The van der Waals surface area contributed by atoms with E-state index >= 15 is 0 Å². The standard InChI is InChI=1S/C16H17ClN4O4/c1-24-13-8-12(17)19-16(20-13)21-15(23)11(18)7-14(22)25-9-10-5-3-2-4-6-10/h2-6,8,11H,7,9,18H2,1H3,(H,19,20,21,23)/t11-/m0/s1. The summed E-state index contributed by atoms with van der Waals surface area (Å²) in [6, 6.07) is 9.45. The first kappa shape index (κ1) is 18.6. The first-order valence-electron chi connectivity index (χ1n) is 7.32. The third kappa shape index (κ3) is 6.02. The third-order valence-corrected chi connectivity index (χ3v) is 3.28. The molecule has 1 heterocycles.